The van der Waals surface area contributed by atoms with Crippen LogP contribution < -0.4 is 4.74 Å². The number of aromatic amines is 3. The molecule has 3 N–H and O–H groups in total. The molecule has 0 spiro atoms. The summed E-state index contributed by atoms with van der Waals surface area (Å²) < 4.78 is 35.0. The fraction of sp³-hybridized carbons (Fsp3) is 0.368. The molecule has 3 aromatic carbocycles. The SMILES string of the molecule is CC(C)(C)c1cc2ccc(CC(C)(C)c3cc4cc(F)ccc4[nH]3)c(OCCc3c(C(C)(C)C)[nH]c4ccc(F)cc34)c2[nH]1. The van der Waals surface area contributed by atoms with Gasteiger partial charge in [0.25, 0.3) is 0 Å². The highest BCUT2D eigenvalue weighted by atomic mass is 19.1. The quantitative estimate of drug-likeness (QED) is 0.169. The number of hydrogen-bond acceptors (Lipinski definition) is 1. The lowest BCUT2D eigenvalue weighted by molar-refractivity contribution is 0.318. The minimum atomic E-state index is -0.283. The molecule has 0 saturated carbocycles. The molecule has 0 aliphatic heterocycles. The fourth-order valence-electron chi connectivity index (χ4n) is 6.34. The van der Waals surface area contributed by atoms with E-state index in [4.69, 9.17) is 4.74 Å². The maximum atomic E-state index is 14.4. The van der Waals surface area contributed by atoms with Gasteiger partial charge in [-0.1, -0.05) is 67.5 Å². The number of hydrogen-bond donors (Lipinski definition) is 3. The van der Waals surface area contributed by atoms with E-state index in [1.54, 1.807) is 18.2 Å². The zero-order chi connectivity index (χ0) is 31.6. The van der Waals surface area contributed by atoms with Gasteiger partial charge >= 0.3 is 0 Å². The van der Waals surface area contributed by atoms with Gasteiger partial charge in [0.2, 0.25) is 0 Å². The lowest BCUT2D eigenvalue weighted by Gasteiger charge is -2.25. The number of H-pyrrole nitrogens is 3. The second-order valence-corrected chi connectivity index (χ2v) is 14.9. The van der Waals surface area contributed by atoms with Crippen LogP contribution in [0.3, 0.4) is 0 Å². The summed E-state index contributed by atoms with van der Waals surface area (Å²) in [5.41, 5.74) is 7.86. The van der Waals surface area contributed by atoms with Crippen LogP contribution in [0, 0.1) is 11.6 Å². The van der Waals surface area contributed by atoms with E-state index in [1.807, 2.05) is 12.1 Å². The first-order chi connectivity index (χ1) is 20.6. The number of nitrogens with one attached hydrogen (secondary N) is 3. The molecular weight excluding hydrogens is 552 g/mol. The van der Waals surface area contributed by atoms with Crippen molar-refractivity contribution in [1.82, 2.24) is 15.0 Å². The Labute approximate surface area is 258 Å². The molecule has 3 aromatic heterocycles. The van der Waals surface area contributed by atoms with E-state index in [2.05, 4.69) is 88.5 Å². The van der Waals surface area contributed by atoms with Crippen LogP contribution >= 0.6 is 0 Å². The molecule has 0 aliphatic carbocycles. The Kier molecular flexibility index (Phi) is 7.18. The molecule has 0 radical (unpaired) electrons. The molecule has 0 unspecified atom stereocenters. The summed E-state index contributed by atoms with van der Waals surface area (Å²) in [5, 5.41) is 2.88. The summed E-state index contributed by atoms with van der Waals surface area (Å²) in [5.74, 6) is 0.363. The van der Waals surface area contributed by atoms with Crippen molar-refractivity contribution in [2.45, 2.75) is 84.5 Å². The van der Waals surface area contributed by atoms with E-state index in [9.17, 15) is 8.78 Å². The molecule has 0 bridgehead atoms. The van der Waals surface area contributed by atoms with Gasteiger partial charge in [-0.2, -0.15) is 0 Å². The van der Waals surface area contributed by atoms with Gasteiger partial charge in [-0.25, -0.2) is 8.78 Å². The Balaban J connectivity index is 1.38. The summed E-state index contributed by atoms with van der Waals surface area (Å²) in [6.45, 7) is 18.0. The first-order valence-corrected chi connectivity index (χ1v) is 15.5. The first-order valence-electron chi connectivity index (χ1n) is 15.5. The van der Waals surface area contributed by atoms with Crippen molar-refractivity contribution in [3.8, 4) is 5.75 Å². The van der Waals surface area contributed by atoms with Crippen molar-refractivity contribution in [3.63, 3.8) is 0 Å². The van der Waals surface area contributed by atoms with Crippen molar-refractivity contribution >= 4 is 32.7 Å². The lowest BCUT2D eigenvalue weighted by atomic mass is 9.82. The molecular formula is C38H43F2N3O. The number of halogens is 2. The summed E-state index contributed by atoms with van der Waals surface area (Å²) in [7, 11) is 0. The van der Waals surface area contributed by atoms with Crippen molar-refractivity contribution in [1.29, 1.82) is 0 Å². The molecule has 6 aromatic rings. The van der Waals surface area contributed by atoms with E-state index in [-0.39, 0.29) is 27.9 Å². The standard InChI is InChI=1S/C38H43F2N3O/c1-36(2,3)31-18-22-9-10-23(21-38(7,8)32-19-24-17-25(39)11-13-29(24)41-32)34(33(22)43-31)44-16-15-27-28-20-26(40)12-14-30(28)42-35(27)37(4,5)6/h9-14,17-20,41-43H,15-16,21H2,1-8H3. The highest BCUT2D eigenvalue weighted by Crippen LogP contribution is 2.39. The molecule has 6 rings (SSSR count). The van der Waals surface area contributed by atoms with Crippen LogP contribution in [0.4, 0.5) is 8.78 Å². The van der Waals surface area contributed by atoms with Gasteiger partial charge in [-0.3, -0.25) is 0 Å². The molecule has 0 fully saturated rings. The van der Waals surface area contributed by atoms with E-state index in [1.165, 1.54) is 12.1 Å². The zero-order valence-electron chi connectivity index (χ0n) is 27.1. The number of benzene rings is 3. The average Bonchev–Trinajstić information content (AvgIpc) is 3.64. The smallest absolute Gasteiger partial charge is 0.146 e. The molecule has 4 nitrogen and oxygen atoms in total. The zero-order valence-corrected chi connectivity index (χ0v) is 27.1. The summed E-state index contributed by atoms with van der Waals surface area (Å²) in [6, 6.07) is 18.4. The van der Waals surface area contributed by atoms with Crippen molar-refractivity contribution < 1.29 is 13.5 Å². The Morgan fingerprint density at radius 3 is 2.05 bits per heavy atom. The summed E-state index contributed by atoms with van der Waals surface area (Å²) in [6.07, 6.45) is 1.35. The Morgan fingerprint density at radius 1 is 0.659 bits per heavy atom. The Bertz CT molecular complexity index is 1990. The third-order valence-corrected chi connectivity index (χ3v) is 8.80. The van der Waals surface area contributed by atoms with E-state index >= 15 is 0 Å². The monoisotopic (exact) mass is 595 g/mol. The third-order valence-electron chi connectivity index (χ3n) is 8.80. The van der Waals surface area contributed by atoms with Gasteiger partial charge in [0.1, 0.15) is 17.4 Å². The first kappa shape index (κ1) is 30.0. The van der Waals surface area contributed by atoms with Gasteiger partial charge in [-0.15, -0.1) is 0 Å². The minimum Gasteiger partial charge on any atom is -0.491 e. The van der Waals surface area contributed by atoms with Crippen LogP contribution in [-0.2, 0) is 29.1 Å². The number of fused-ring (bicyclic) bond motifs is 3. The van der Waals surface area contributed by atoms with Gasteiger partial charge in [-0.05, 0) is 66.1 Å². The van der Waals surface area contributed by atoms with E-state index in [0.717, 1.165) is 66.7 Å². The normalized spacial score (nSPS) is 13.0. The van der Waals surface area contributed by atoms with E-state index in [0.29, 0.717) is 19.4 Å². The predicted molar refractivity (Wildman–Crippen MR) is 178 cm³/mol. The van der Waals surface area contributed by atoms with Crippen LogP contribution in [0.2, 0.25) is 0 Å². The van der Waals surface area contributed by atoms with Crippen molar-refractivity contribution in [3.05, 3.63) is 101 Å². The third kappa shape index (κ3) is 5.62. The van der Waals surface area contributed by atoms with Gasteiger partial charge in [0.05, 0.1) is 12.1 Å². The molecule has 230 valence electrons. The van der Waals surface area contributed by atoms with Crippen LogP contribution in [0.5, 0.6) is 5.75 Å². The van der Waals surface area contributed by atoms with Crippen LogP contribution in [-0.4, -0.2) is 21.6 Å². The fourth-order valence-corrected chi connectivity index (χ4v) is 6.34. The van der Waals surface area contributed by atoms with Crippen molar-refractivity contribution in [2.75, 3.05) is 6.61 Å². The second-order valence-electron chi connectivity index (χ2n) is 14.9. The predicted octanol–water partition coefficient (Wildman–Crippen LogP) is 10.1. The molecule has 0 saturated heterocycles. The number of aromatic nitrogens is 3. The maximum absolute atomic E-state index is 14.4. The molecule has 0 aliphatic rings. The molecule has 44 heavy (non-hydrogen) atoms. The summed E-state index contributed by atoms with van der Waals surface area (Å²) in [4.78, 5) is 10.8. The Hall–Kier alpha value is -4.06. The molecule has 3 heterocycles. The van der Waals surface area contributed by atoms with Gasteiger partial charge in [0, 0.05) is 66.9 Å². The number of rotatable bonds is 7. The number of ether oxygens (including phenoxy) is 1. The largest absolute Gasteiger partial charge is 0.491 e. The van der Waals surface area contributed by atoms with Gasteiger partial charge < -0.3 is 19.7 Å². The average molecular weight is 596 g/mol. The highest BCUT2D eigenvalue weighted by molar-refractivity contribution is 5.88. The molecule has 0 amide bonds. The van der Waals surface area contributed by atoms with Gasteiger partial charge in [0.15, 0.2) is 0 Å². The Morgan fingerprint density at radius 2 is 1.34 bits per heavy atom. The lowest BCUT2D eigenvalue weighted by Crippen LogP contribution is -2.22. The van der Waals surface area contributed by atoms with E-state index < -0.39 is 0 Å². The van der Waals surface area contributed by atoms with Crippen LogP contribution in [0.15, 0.2) is 60.7 Å². The van der Waals surface area contributed by atoms with Crippen LogP contribution in [0.1, 0.15) is 83.6 Å². The maximum Gasteiger partial charge on any atom is 0.146 e. The molecule has 0 atom stereocenters. The van der Waals surface area contributed by atoms with Crippen LogP contribution in [0.25, 0.3) is 32.7 Å². The highest BCUT2D eigenvalue weighted by Gasteiger charge is 2.28. The second kappa shape index (κ2) is 10.5. The van der Waals surface area contributed by atoms with Crippen molar-refractivity contribution in [2.24, 2.45) is 0 Å². The molecule has 6 heteroatoms. The summed E-state index contributed by atoms with van der Waals surface area (Å²) >= 11 is 0. The minimum absolute atomic E-state index is 0.0505. The topological polar surface area (TPSA) is 56.6 Å².